The lowest BCUT2D eigenvalue weighted by Gasteiger charge is -2.49. The first-order chi connectivity index (χ1) is 12.6. The summed E-state index contributed by atoms with van der Waals surface area (Å²) in [6.45, 7) is 5.36. The number of rotatable bonds is 7. The lowest BCUT2D eigenvalue weighted by molar-refractivity contribution is -0.320. The summed E-state index contributed by atoms with van der Waals surface area (Å²) >= 11 is 0. The van der Waals surface area contributed by atoms with Crippen LogP contribution >= 0.6 is 0 Å². The van der Waals surface area contributed by atoms with Crippen LogP contribution in [-0.2, 0) is 9.47 Å². The molecule has 1 saturated carbocycles. The topological polar surface area (TPSA) is 140 Å². The van der Waals surface area contributed by atoms with Crippen molar-refractivity contribution in [3.8, 4) is 0 Å². The van der Waals surface area contributed by atoms with Gasteiger partial charge in [0.1, 0.15) is 24.4 Å². The first kappa shape index (κ1) is 23.0. The maximum atomic E-state index is 10.2. The standard InChI is InChI=1S/C19H36O8/c1-10(22)4-5-12-11(2)13(6-7-19(12,3)9-21)26-18-17(25)16(24)15(23)14(8-20)27-18/h10-18,20-25H,4-9H2,1-3H3. The molecule has 2 fully saturated rings. The Balaban J connectivity index is 2.09. The summed E-state index contributed by atoms with van der Waals surface area (Å²) < 4.78 is 11.5. The lowest BCUT2D eigenvalue weighted by atomic mass is 9.61. The molecule has 1 saturated heterocycles. The van der Waals surface area contributed by atoms with E-state index in [1.807, 2.05) is 13.8 Å². The molecule has 8 heteroatoms. The van der Waals surface area contributed by atoms with Gasteiger partial charge in [-0.15, -0.1) is 0 Å². The van der Waals surface area contributed by atoms with Gasteiger partial charge in [0, 0.05) is 6.61 Å². The maximum Gasteiger partial charge on any atom is 0.186 e. The second kappa shape index (κ2) is 9.45. The molecule has 10 unspecified atom stereocenters. The van der Waals surface area contributed by atoms with Crippen molar-refractivity contribution in [1.82, 2.24) is 0 Å². The zero-order chi connectivity index (χ0) is 20.4. The van der Waals surface area contributed by atoms with Crippen LogP contribution in [0.3, 0.4) is 0 Å². The van der Waals surface area contributed by atoms with E-state index in [2.05, 4.69) is 0 Å². The third kappa shape index (κ3) is 5.00. The Morgan fingerprint density at radius 3 is 2.37 bits per heavy atom. The van der Waals surface area contributed by atoms with Gasteiger partial charge in [-0.3, -0.25) is 0 Å². The van der Waals surface area contributed by atoms with Crippen LogP contribution in [-0.4, -0.2) is 86.8 Å². The van der Waals surface area contributed by atoms with E-state index >= 15 is 0 Å². The molecule has 0 bridgehead atoms. The first-order valence-corrected chi connectivity index (χ1v) is 9.89. The number of ether oxygens (including phenoxy) is 2. The summed E-state index contributed by atoms with van der Waals surface area (Å²) in [5, 5.41) is 59.0. The number of hydrogen-bond donors (Lipinski definition) is 6. The highest BCUT2D eigenvalue weighted by Crippen LogP contribution is 2.48. The Kier molecular flexibility index (Phi) is 8.04. The second-order valence-corrected chi connectivity index (χ2v) is 8.61. The van der Waals surface area contributed by atoms with E-state index in [-0.39, 0.29) is 30.0 Å². The minimum absolute atomic E-state index is 0.0296. The fourth-order valence-corrected chi connectivity index (χ4v) is 4.59. The summed E-state index contributed by atoms with van der Waals surface area (Å²) in [7, 11) is 0. The number of aliphatic hydroxyl groups excluding tert-OH is 6. The van der Waals surface area contributed by atoms with Crippen LogP contribution in [0.1, 0.15) is 46.5 Å². The number of hydrogen-bond acceptors (Lipinski definition) is 8. The summed E-state index contributed by atoms with van der Waals surface area (Å²) in [4.78, 5) is 0. The predicted octanol–water partition coefficient (Wildman–Crippen LogP) is -0.623. The molecule has 2 rings (SSSR count). The molecular formula is C19H36O8. The second-order valence-electron chi connectivity index (χ2n) is 8.61. The smallest absolute Gasteiger partial charge is 0.186 e. The molecule has 0 amide bonds. The van der Waals surface area contributed by atoms with Crippen molar-refractivity contribution < 1.29 is 40.1 Å². The van der Waals surface area contributed by atoms with Crippen molar-refractivity contribution in [3.05, 3.63) is 0 Å². The maximum absolute atomic E-state index is 10.2. The zero-order valence-corrected chi connectivity index (χ0v) is 16.4. The van der Waals surface area contributed by atoms with Gasteiger partial charge in [0.25, 0.3) is 0 Å². The Labute approximate surface area is 160 Å². The van der Waals surface area contributed by atoms with Crippen LogP contribution in [0.15, 0.2) is 0 Å². The Hall–Kier alpha value is -0.320. The number of aliphatic hydroxyl groups is 6. The molecule has 10 atom stereocenters. The Bertz CT molecular complexity index is 459. The van der Waals surface area contributed by atoms with E-state index in [0.717, 1.165) is 12.8 Å². The molecule has 1 aliphatic heterocycles. The largest absolute Gasteiger partial charge is 0.396 e. The van der Waals surface area contributed by atoms with Gasteiger partial charge >= 0.3 is 0 Å². The highest BCUT2D eigenvalue weighted by atomic mass is 16.7. The van der Waals surface area contributed by atoms with E-state index in [9.17, 15) is 30.6 Å². The Morgan fingerprint density at radius 1 is 1.15 bits per heavy atom. The van der Waals surface area contributed by atoms with Crippen molar-refractivity contribution in [3.63, 3.8) is 0 Å². The van der Waals surface area contributed by atoms with E-state index < -0.39 is 43.4 Å². The van der Waals surface area contributed by atoms with Crippen LogP contribution in [0.25, 0.3) is 0 Å². The fraction of sp³-hybridized carbons (Fsp3) is 1.00. The molecule has 0 aromatic carbocycles. The zero-order valence-electron chi connectivity index (χ0n) is 16.4. The van der Waals surface area contributed by atoms with Gasteiger partial charge in [0.15, 0.2) is 6.29 Å². The Morgan fingerprint density at radius 2 is 1.81 bits per heavy atom. The molecule has 8 nitrogen and oxygen atoms in total. The minimum Gasteiger partial charge on any atom is -0.396 e. The molecule has 0 aromatic rings. The van der Waals surface area contributed by atoms with Crippen molar-refractivity contribution in [1.29, 1.82) is 0 Å². The van der Waals surface area contributed by atoms with Gasteiger partial charge < -0.3 is 40.1 Å². The summed E-state index contributed by atoms with van der Waals surface area (Å²) in [5.74, 6) is 0.141. The van der Waals surface area contributed by atoms with Crippen molar-refractivity contribution >= 4 is 0 Å². The van der Waals surface area contributed by atoms with Gasteiger partial charge in [0.05, 0.1) is 18.8 Å². The van der Waals surface area contributed by atoms with Crippen LogP contribution in [0.2, 0.25) is 0 Å². The van der Waals surface area contributed by atoms with Gasteiger partial charge in [0.2, 0.25) is 0 Å². The van der Waals surface area contributed by atoms with Crippen LogP contribution in [0, 0.1) is 17.3 Å². The molecule has 1 aliphatic carbocycles. The van der Waals surface area contributed by atoms with Crippen molar-refractivity contribution in [2.45, 2.75) is 89.4 Å². The molecule has 1 heterocycles. The average molecular weight is 392 g/mol. The molecule has 6 N–H and O–H groups in total. The van der Waals surface area contributed by atoms with Gasteiger partial charge in [-0.2, -0.15) is 0 Å². The average Bonchev–Trinajstić information content (AvgIpc) is 2.63. The summed E-state index contributed by atoms with van der Waals surface area (Å²) in [6.07, 6.45) is -4.40. The monoisotopic (exact) mass is 392 g/mol. The first-order valence-electron chi connectivity index (χ1n) is 9.89. The minimum atomic E-state index is -1.46. The molecule has 160 valence electrons. The molecule has 2 aliphatic rings. The molecular weight excluding hydrogens is 356 g/mol. The van der Waals surface area contributed by atoms with Gasteiger partial charge in [-0.1, -0.05) is 13.8 Å². The molecule has 0 aromatic heterocycles. The highest BCUT2D eigenvalue weighted by Gasteiger charge is 2.48. The van der Waals surface area contributed by atoms with Gasteiger partial charge in [-0.05, 0) is 49.9 Å². The normalized spacial score (nSPS) is 47.0. The third-order valence-corrected chi connectivity index (χ3v) is 6.53. The van der Waals surface area contributed by atoms with E-state index in [1.165, 1.54) is 0 Å². The van der Waals surface area contributed by atoms with Crippen LogP contribution < -0.4 is 0 Å². The quantitative estimate of drug-likeness (QED) is 0.337. The summed E-state index contributed by atoms with van der Waals surface area (Å²) in [6, 6.07) is 0. The van der Waals surface area contributed by atoms with Crippen LogP contribution in [0.5, 0.6) is 0 Å². The predicted molar refractivity (Wildman–Crippen MR) is 96.6 cm³/mol. The summed E-state index contributed by atoms with van der Waals surface area (Å²) in [5.41, 5.74) is -0.274. The van der Waals surface area contributed by atoms with Crippen molar-refractivity contribution in [2.75, 3.05) is 13.2 Å². The van der Waals surface area contributed by atoms with Crippen LogP contribution in [0.4, 0.5) is 0 Å². The fourth-order valence-electron chi connectivity index (χ4n) is 4.59. The molecule has 27 heavy (non-hydrogen) atoms. The van der Waals surface area contributed by atoms with Gasteiger partial charge in [-0.25, -0.2) is 0 Å². The molecule has 0 radical (unpaired) electrons. The third-order valence-electron chi connectivity index (χ3n) is 6.53. The van der Waals surface area contributed by atoms with Crippen molar-refractivity contribution in [2.24, 2.45) is 17.3 Å². The van der Waals surface area contributed by atoms with E-state index in [0.29, 0.717) is 12.8 Å². The molecule has 0 spiro atoms. The lowest BCUT2D eigenvalue weighted by Crippen LogP contribution is -2.60. The SMILES string of the molecule is CC(O)CCC1C(C)C(OC2OC(CO)C(O)C(O)C2O)CCC1(C)CO. The van der Waals surface area contributed by atoms with E-state index in [4.69, 9.17) is 9.47 Å². The highest BCUT2D eigenvalue weighted by molar-refractivity contribution is 4.95. The van der Waals surface area contributed by atoms with E-state index in [1.54, 1.807) is 6.92 Å².